The Morgan fingerprint density at radius 2 is 1.83 bits per heavy atom. The minimum absolute atomic E-state index is 0.0373. The van der Waals surface area contributed by atoms with Gasteiger partial charge in [-0.3, -0.25) is 14.9 Å². The Kier molecular flexibility index (Phi) is 6.25. The molecule has 0 aliphatic heterocycles. The molecule has 0 saturated heterocycles. The molecule has 0 aliphatic carbocycles. The number of carbonyl (C=O) groups is 1. The fourth-order valence-corrected chi connectivity index (χ4v) is 5.29. The maximum Gasteiger partial charge on any atom is 0.269 e. The first-order valence-corrected chi connectivity index (χ1v) is 11.2. The van der Waals surface area contributed by atoms with Gasteiger partial charge in [0.2, 0.25) is 15.7 Å². The van der Waals surface area contributed by atoms with Crippen molar-refractivity contribution >= 4 is 49.7 Å². The third-order valence-electron chi connectivity index (χ3n) is 3.54. The number of nitrogens with zero attached hydrogens (tertiary/aromatic N) is 2. The highest BCUT2D eigenvalue weighted by Gasteiger charge is 2.22. The van der Waals surface area contributed by atoms with Crippen molar-refractivity contribution in [1.82, 2.24) is 4.98 Å². The highest BCUT2D eigenvalue weighted by atomic mass is 32.2. The first-order chi connectivity index (χ1) is 13.8. The number of nitro benzene ring substituents is 1. The zero-order chi connectivity index (χ0) is 21.0. The lowest BCUT2D eigenvalue weighted by Crippen LogP contribution is -2.13. The smallest absolute Gasteiger partial charge is 0.269 e. The number of benzene rings is 2. The van der Waals surface area contributed by atoms with Crippen LogP contribution in [0.5, 0.6) is 0 Å². The molecule has 2 aromatic carbocycles. The van der Waals surface area contributed by atoms with Crippen molar-refractivity contribution in [1.29, 1.82) is 0 Å². The van der Waals surface area contributed by atoms with Crippen LogP contribution < -0.4 is 5.32 Å². The zero-order valence-electron chi connectivity index (χ0n) is 14.4. The third-order valence-corrected chi connectivity index (χ3v) is 7.69. The number of anilines is 1. The van der Waals surface area contributed by atoms with Gasteiger partial charge in [-0.1, -0.05) is 11.3 Å². The summed E-state index contributed by atoms with van der Waals surface area (Å²) in [7, 11) is -3.91. The molecule has 0 atom stereocenters. The first kappa shape index (κ1) is 20.9. The maximum atomic E-state index is 12.9. The van der Waals surface area contributed by atoms with E-state index >= 15 is 0 Å². The van der Waals surface area contributed by atoms with E-state index in [0.29, 0.717) is 4.90 Å². The van der Waals surface area contributed by atoms with E-state index < -0.39 is 20.7 Å². The summed E-state index contributed by atoms with van der Waals surface area (Å²) in [6.07, 6.45) is 1.12. The molecule has 0 bridgehead atoms. The molecule has 1 amide bonds. The standard InChI is InChI=1S/C17H12FN3O5S3/c18-11-1-5-13(6-2-11)27-10-15(22)20-17-19-9-16(28-17)29(25,26)14-7-3-12(4-8-14)21(23)24/h1-9H,10H2,(H,19,20,22). The van der Waals surface area contributed by atoms with Crippen LogP contribution in [0.1, 0.15) is 0 Å². The topological polar surface area (TPSA) is 119 Å². The van der Waals surface area contributed by atoms with Crippen molar-refractivity contribution in [3.63, 3.8) is 0 Å². The Bertz CT molecular complexity index is 1150. The van der Waals surface area contributed by atoms with Crippen LogP contribution in [0.3, 0.4) is 0 Å². The molecule has 12 heteroatoms. The monoisotopic (exact) mass is 453 g/mol. The van der Waals surface area contributed by atoms with Gasteiger partial charge in [0.15, 0.2) is 5.13 Å². The van der Waals surface area contributed by atoms with Crippen LogP contribution >= 0.6 is 23.1 Å². The van der Waals surface area contributed by atoms with Crippen molar-refractivity contribution in [3.05, 3.63) is 70.7 Å². The van der Waals surface area contributed by atoms with Gasteiger partial charge in [0.25, 0.3) is 5.69 Å². The van der Waals surface area contributed by atoms with E-state index in [2.05, 4.69) is 10.3 Å². The fraction of sp³-hybridized carbons (Fsp3) is 0.0588. The van der Waals surface area contributed by atoms with E-state index in [9.17, 15) is 27.7 Å². The Morgan fingerprint density at radius 1 is 1.17 bits per heavy atom. The van der Waals surface area contributed by atoms with Crippen LogP contribution in [0, 0.1) is 15.9 Å². The number of hydrogen-bond donors (Lipinski definition) is 1. The molecule has 3 rings (SSSR count). The maximum absolute atomic E-state index is 12.9. The number of rotatable bonds is 7. The molecule has 1 heterocycles. The summed E-state index contributed by atoms with van der Waals surface area (Å²) in [5, 5.41) is 13.3. The highest BCUT2D eigenvalue weighted by Crippen LogP contribution is 2.29. The van der Waals surface area contributed by atoms with E-state index in [4.69, 9.17) is 0 Å². The van der Waals surface area contributed by atoms with Crippen LogP contribution in [-0.2, 0) is 14.6 Å². The van der Waals surface area contributed by atoms with Gasteiger partial charge in [0.05, 0.1) is 21.8 Å². The predicted molar refractivity (Wildman–Crippen MR) is 106 cm³/mol. The molecule has 1 aromatic heterocycles. The van der Waals surface area contributed by atoms with E-state index in [1.165, 1.54) is 23.9 Å². The van der Waals surface area contributed by atoms with E-state index in [1.54, 1.807) is 12.1 Å². The lowest BCUT2D eigenvalue weighted by molar-refractivity contribution is -0.384. The van der Waals surface area contributed by atoms with Gasteiger partial charge in [0.1, 0.15) is 10.0 Å². The van der Waals surface area contributed by atoms with Crippen molar-refractivity contribution in [2.45, 2.75) is 14.0 Å². The Balaban J connectivity index is 1.65. The fourth-order valence-electron chi connectivity index (χ4n) is 2.14. The molecular formula is C17H12FN3O5S3. The molecule has 1 N–H and O–H groups in total. The number of thiazole rings is 1. The van der Waals surface area contributed by atoms with Gasteiger partial charge >= 0.3 is 0 Å². The molecule has 0 fully saturated rings. The van der Waals surface area contributed by atoms with E-state index in [0.717, 1.165) is 41.8 Å². The van der Waals surface area contributed by atoms with E-state index in [-0.39, 0.29) is 31.5 Å². The zero-order valence-corrected chi connectivity index (χ0v) is 16.9. The SMILES string of the molecule is O=C(CSc1ccc(F)cc1)Nc1ncc(S(=O)(=O)c2ccc([N+](=O)[O-])cc2)s1. The second kappa shape index (κ2) is 8.68. The quantitative estimate of drug-likeness (QED) is 0.329. The number of thioether (sulfide) groups is 1. The van der Waals surface area contributed by atoms with Crippen molar-refractivity contribution in [2.75, 3.05) is 11.1 Å². The molecule has 0 aliphatic rings. The lowest BCUT2D eigenvalue weighted by atomic mass is 10.3. The third kappa shape index (κ3) is 5.16. The second-order valence-electron chi connectivity index (χ2n) is 5.53. The molecule has 3 aromatic rings. The van der Waals surface area contributed by atoms with Crippen LogP contribution in [-0.4, -0.2) is 30.0 Å². The summed E-state index contributed by atoms with van der Waals surface area (Å²) < 4.78 is 38.0. The van der Waals surface area contributed by atoms with Gasteiger partial charge < -0.3 is 5.32 Å². The van der Waals surface area contributed by atoms with Gasteiger partial charge in [-0.2, -0.15) is 0 Å². The Labute approximate surface area is 172 Å². The largest absolute Gasteiger partial charge is 0.301 e. The molecule has 0 spiro atoms. The minimum Gasteiger partial charge on any atom is -0.301 e. The van der Waals surface area contributed by atoms with Gasteiger partial charge in [-0.05, 0) is 36.4 Å². The predicted octanol–water partition coefficient (Wildman–Crippen LogP) is 3.75. The number of nitrogens with one attached hydrogen (secondary N) is 1. The van der Waals surface area contributed by atoms with Crippen molar-refractivity contribution in [3.8, 4) is 0 Å². The molecule has 0 radical (unpaired) electrons. The molecule has 8 nitrogen and oxygen atoms in total. The van der Waals surface area contributed by atoms with Crippen LogP contribution in [0.2, 0.25) is 0 Å². The molecule has 150 valence electrons. The molecular weight excluding hydrogens is 441 g/mol. The van der Waals surface area contributed by atoms with Crippen LogP contribution in [0.4, 0.5) is 15.2 Å². The molecule has 0 saturated carbocycles. The number of sulfone groups is 1. The molecule has 29 heavy (non-hydrogen) atoms. The summed E-state index contributed by atoms with van der Waals surface area (Å²) in [4.78, 5) is 26.6. The normalized spacial score (nSPS) is 11.2. The average molecular weight is 453 g/mol. The second-order valence-corrected chi connectivity index (χ2v) is 9.79. The van der Waals surface area contributed by atoms with Crippen molar-refractivity contribution < 1.29 is 22.5 Å². The highest BCUT2D eigenvalue weighted by molar-refractivity contribution is 8.00. The van der Waals surface area contributed by atoms with E-state index in [1.807, 2.05) is 0 Å². The van der Waals surface area contributed by atoms with Crippen molar-refractivity contribution in [2.24, 2.45) is 0 Å². The van der Waals surface area contributed by atoms with Crippen LogP contribution in [0.25, 0.3) is 0 Å². The van der Waals surface area contributed by atoms with Gasteiger partial charge in [0, 0.05) is 17.0 Å². The Morgan fingerprint density at radius 3 is 2.45 bits per heavy atom. The van der Waals surface area contributed by atoms with Crippen LogP contribution in [0.15, 0.2) is 68.7 Å². The van der Waals surface area contributed by atoms with Gasteiger partial charge in [-0.25, -0.2) is 17.8 Å². The number of amides is 1. The summed E-state index contributed by atoms with van der Waals surface area (Å²) in [5.41, 5.74) is -0.222. The Hall–Kier alpha value is -2.83. The number of non-ortho nitro benzene ring substituents is 1. The number of halogens is 1. The lowest BCUT2D eigenvalue weighted by Gasteiger charge is -2.02. The summed E-state index contributed by atoms with van der Waals surface area (Å²) in [5.74, 6) is -0.730. The average Bonchev–Trinajstić information content (AvgIpc) is 3.17. The van der Waals surface area contributed by atoms with Gasteiger partial charge in [-0.15, -0.1) is 11.8 Å². The number of hydrogen-bond acceptors (Lipinski definition) is 8. The minimum atomic E-state index is -3.91. The number of nitro groups is 1. The summed E-state index contributed by atoms with van der Waals surface area (Å²) >= 11 is 1.97. The first-order valence-electron chi connectivity index (χ1n) is 7.89. The summed E-state index contributed by atoms with van der Waals surface area (Å²) in [6.45, 7) is 0. The summed E-state index contributed by atoms with van der Waals surface area (Å²) in [6, 6.07) is 10.2. The molecule has 0 unspecified atom stereocenters. The number of carbonyl (C=O) groups excluding carboxylic acids is 1. The number of aromatic nitrogens is 1.